The van der Waals surface area contributed by atoms with Crippen LogP contribution in [0.2, 0.25) is 0 Å². The SMILES string of the molecule is Cl.Cl.O=C(CN1CCNCC1)NCc1cn(Cc2ccccc2)nc1-c1ccccc1. The highest BCUT2D eigenvalue weighted by molar-refractivity contribution is 5.85. The Morgan fingerprint density at radius 1 is 0.968 bits per heavy atom. The lowest BCUT2D eigenvalue weighted by Gasteiger charge is -2.26. The van der Waals surface area contributed by atoms with Crippen molar-refractivity contribution in [3.05, 3.63) is 78.0 Å². The molecule has 4 rings (SSSR count). The zero-order chi connectivity index (χ0) is 19.9. The Morgan fingerprint density at radius 2 is 1.61 bits per heavy atom. The Balaban J connectivity index is 0.00000171. The van der Waals surface area contributed by atoms with Crippen LogP contribution in [-0.4, -0.2) is 53.3 Å². The minimum Gasteiger partial charge on any atom is -0.351 e. The molecule has 1 amide bonds. The third-order valence-corrected chi connectivity index (χ3v) is 5.12. The molecule has 0 unspecified atom stereocenters. The largest absolute Gasteiger partial charge is 0.351 e. The standard InChI is InChI=1S/C23H27N5O.2ClH/c29-22(18-27-13-11-24-12-14-27)25-15-21-17-28(16-19-7-3-1-4-8-19)26-23(21)20-9-5-2-6-10-20;;/h1-10,17,24H,11-16,18H2,(H,25,29);2*1H. The van der Waals surface area contributed by atoms with Crippen molar-refractivity contribution >= 4 is 30.7 Å². The number of carbonyl (C=O) groups excluding carboxylic acids is 1. The summed E-state index contributed by atoms with van der Waals surface area (Å²) < 4.78 is 1.95. The summed E-state index contributed by atoms with van der Waals surface area (Å²) >= 11 is 0. The molecule has 1 aromatic heterocycles. The topological polar surface area (TPSA) is 62.2 Å². The van der Waals surface area contributed by atoms with Crippen molar-refractivity contribution in [3.8, 4) is 11.3 Å². The van der Waals surface area contributed by atoms with Crippen molar-refractivity contribution < 1.29 is 4.79 Å². The van der Waals surface area contributed by atoms with E-state index in [-0.39, 0.29) is 30.7 Å². The summed E-state index contributed by atoms with van der Waals surface area (Å²) in [6.45, 7) is 5.34. The van der Waals surface area contributed by atoms with Gasteiger partial charge in [-0.05, 0) is 5.56 Å². The molecule has 0 bridgehead atoms. The van der Waals surface area contributed by atoms with Crippen LogP contribution < -0.4 is 10.6 Å². The predicted molar refractivity (Wildman–Crippen MR) is 129 cm³/mol. The molecule has 1 saturated heterocycles. The van der Waals surface area contributed by atoms with Gasteiger partial charge in [-0.1, -0.05) is 60.7 Å². The maximum absolute atomic E-state index is 12.4. The summed E-state index contributed by atoms with van der Waals surface area (Å²) in [5.74, 6) is 0.0571. The number of aromatic nitrogens is 2. The number of amides is 1. The van der Waals surface area contributed by atoms with E-state index >= 15 is 0 Å². The summed E-state index contributed by atoms with van der Waals surface area (Å²) in [5.41, 5.74) is 4.21. The second-order valence-corrected chi connectivity index (χ2v) is 7.36. The maximum Gasteiger partial charge on any atom is 0.234 e. The zero-order valence-electron chi connectivity index (χ0n) is 17.4. The van der Waals surface area contributed by atoms with Crippen LogP contribution in [0.1, 0.15) is 11.1 Å². The summed E-state index contributed by atoms with van der Waals surface area (Å²) in [6, 6.07) is 20.4. The van der Waals surface area contributed by atoms with E-state index in [4.69, 9.17) is 5.10 Å². The van der Waals surface area contributed by atoms with E-state index in [1.165, 1.54) is 5.56 Å². The van der Waals surface area contributed by atoms with Gasteiger partial charge in [-0.15, -0.1) is 24.8 Å². The number of benzene rings is 2. The highest BCUT2D eigenvalue weighted by Gasteiger charge is 2.15. The van der Waals surface area contributed by atoms with Crippen LogP contribution in [0.5, 0.6) is 0 Å². The first kappa shape index (κ1) is 24.9. The van der Waals surface area contributed by atoms with Gasteiger partial charge in [-0.2, -0.15) is 5.10 Å². The lowest BCUT2D eigenvalue weighted by atomic mass is 10.1. The first-order valence-corrected chi connectivity index (χ1v) is 10.1. The molecule has 0 aliphatic carbocycles. The molecule has 0 saturated carbocycles. The van der Waals surface area contributed by atoms with Crippen molar-refractivity contribution in [1.29, 1.82) is 0 Å². The van der Waals surface area contributed by atoms with E-state index in [1.807, 2.05) is 47.3 Å². The summed E-state index contributed by atoms with van der Waals surface area (Å²) in [6.07, 6.45) is 2.04. The lowest BCUT2D eigenvalue weighted by Crippen LogP contribution is -2.47. The highest BCUT2D eigenvalue weighted by Crippen LogP contribution is 2.22. The molecule has 0 atom stereocenters. The second kappa shape index (κ2) is 12.5. The molecule has 0 radical (unpaired) electrons. The molecule has 166 valence electrons. The van der Waals surface area contributed by atoms with Crippen molar-refractivity contribution in [2.75, 3.05) is 32.7 Å². The molecule has 2 N–H and O–H groups in total. The molecule has 1 aliphatic rings. The zero-order valence-corrected chi connectivity index (χ0v) is 19.0. The number of carbonyl (C=O) groups is 1. The van der Waals surface area contributed by atoms with Gasteiger partial charge in [-0.25, -0.2) is 0 Å². The number of halogens is 2. The first-order chi connectivity index (χ1) is 14.3. The van der Waals surface area contributed by atoms with Crippen LogP contribution in [0.4, 0.5) is 0 Å². The van der Waals surface area contributed by atoms with Gasteiger partial charge in [0.2, 0.25) is 5.91 Å². The Bertz CT molecular complexity index is 928. The van der Waals surface area contributed by atoms with E-state index in [1.54, 1.807) is 0 Å². The third-order valence-electron chi connectivity index (χ3n) is 5.12. The van der Waals surface area contributed by atoms with Crippen molar-refractivity contribution in [2.45, 2.75) is 13.1 Å². The van der Waals surface area contributed by atoms with Crippen molar-refractivity contribution in [3.63, 3.8) is 0 Å². The number of hydrogen-bond acceptors (Lipinski definition) is 4. The van der Waals surface area contributed by atoms with E-state index < -0.39 is 0 Å². The number of piperazine rings is 1. The Hall–Kier alpha value is -2.38. The molecule has 8 heteroatoms. The molecule has 3 aromatic rings. The molecule has 31 heavy (non-hydrogen) atoms. The summed E-state index contributed by atoms with van der Waals surface area (Å²) in [7, 11) is 0. The van der Waals surface area contributed by atoms with E-state index in [0.29, 0.717) is 19.6 Å². The van der Waals surface area contributed by atoms with Gasteiger partial charge in [0, 0.05) is 50.0 Å². The number of nitrogens with one attached hydrogen (secondary N) is 2. The monoisotopic (exact) mass is 461 g/mol. The minimum absolute atomic E-state index is 0. The third kappa shape index (κ3) is 7.08. The second-order valence-electron chi connectivity index (χ2n) is 7.36. The molecule has 2 aromatic carbocycles. The molecule has 1 fully saturated rings. The number of hydrogen-bond donors (Lipinski definition) is 2. The first-order valence-electron chi connectivity index (χ1n) is 10.1. The van der Waals surface area contributed by atoms with Gasteiger partial charge in [0.15, 0.2) is 0 Å². The smallest absolute Gasteiger partial charge is 0.234 e. The van der Waals surface area contributed by atoms with E-state index in [0.717, 1.165) is 43.0 Å². The average molecular weight is 462 g/mol. The lowest BCUT2D eigenvalue weighted by molar-refractivity contribution is -0.122. The van der Waals surface area contributed by atoms with E-state index in [2.05, 4.69) is 39.8 Å². The Labute approximate surface area is 195 Å². The minimum atomic E-state index is 0. The summed E-state index contributed by atoms with van der Waals surface area (Å²) in [4.78, 5) is 14.6. The predicted octanol–water partition coefficient (Wildman–Crippen LogP) is 2.96. The molecular formula is C23H29Cl2N5O. The van der Waals surface area contributed by atoms with Crippen LogP contribution in [-0.2, 0) is 17.9 Å². The van der Waals surface area contributed by atoms with Gasteiger partial charge in [-0.3, -0.25) is 14.4 Å². The van der Waals surface area contributed by atoms with Gasteiger partial charge in [0.25, 0.3) is 0 Å². The van der Waals surface area contributed by atoms with Crippen LogP contribution in [0.15, 0.2) is 66.9 Å². The Morgan fingerprint density at radius 3 is 2.29 bits per heavy atom. The molecule has 2 heterocycles. The van der Waals surface area contributed by atoms with E-state index in [9.17, 15) is 4.79 Å². The fraction of sp³-hybridized carbons (Fsp3) is 0.304. The fourth-order valence-corrected chi connectivity index (χ4v) is 3.60. The molecular weight excluding hydrogens is 433 g/mol. The number of rotatable bonds is 7. The fourth-order valence-electron chi connectivity index (χ4n) is 3.60. The van der Waals surface area contributed by atoms with Gasteiger partial charge < -0.3 is 10.6 Å². The maximum atomic E-state index is 12.4. The van der Waals surface area contributed by atoms with Gasteiger partial charge in [0.05, 0.1) is 18.8 Å². The molecule has 0 spiro atoms. The van der Waals surface area contributed by atoms with Gasteiger partial charge >= 0.3 is 0 Å². The average Bonchev–Trinajstić information content (AvgIpc) is 3.17. The van der Waals surface area contributed by atoms with Crippen LogP contribution in [0, 0.1) is 0 Å². The number of nitrogens with zero attached hydrogens (tertiary/aromatic N) is 3. The molecule has 6 nitrogen and oxygen atoms in total. The quantitative estimate of drug-likeness (QED) is 0.567. The molecule has 1 aliphatic heterocycles. The van der Waals surface area contributed by atoms with Crippen LogP contribution >= 0.6 is 24.8 Å². The summed E-state index contributed by atoms with van der Waals surface area (Å²) in [5, 5.41) is 11.2. The van der Waals surface area contributed by atoms with Crippen LogP contribution in [0.3, 0.4) is 0 Å². The van der Waals surface area contributed by atoms with Crippen molar-refractivity contribution in [1.82, 2.24) is 25.3 Å². The van der Waals surface area contributed by atoms with Crippen molar-refractivity contribution in [2.24, 2.45) is 0 Å². The Kier molecular flexibility index (Phi) is 10.0. The normalized spacial score (nSPS) is 13.7. The van der Waals surface area contributed by atoms with Gasteiger partial charge in [0.1, 0.15) is 0 Å². The van der Waals surface area contributed by atoms with Crippen LogP contribution in [0.25, 0.3) is 11.3 Å². The highest BCUT2D eigenvalue weighted by atomic mass is 35.5.